The second-order valence-corrected chi connectivity index (χ2v) is 6.27. The van der Waals surface area contributed by atoms with Crippen molar-refractivity contribution in [3.8, 4) is 0 Å². The lowest BCUT2D eigenvalue weighted by molar-refractivity contribution is -0.135. The van der Waals surface area contributed by atoms with E-state index < -0.39 is 22.0 Å². The third-order valence-electron chi connectivity index (χ3n) is 2.48. The number of amides is 1. The molecule has 20 heavy (non-hydrogen) atoms. The monoisotopic (exact) mass is 300 g/mol. The number of sulfonamides is 1. The highest BCUT2D eigenvalue weighted by Crippen LogP contribution is 1.99. The van der Waals surface area contributed by atoms with Crippen LogP contribution in [-0.2, 0) is 26.3 Å². The Balaban J connectivity index is 2.35. The van der Waals surface area contributed by atoms with Crippen molar-refractivity contribution in [3.05, 3.63) is 35.9 Å². The van der Waals surface area contributed by atoms with Gasteiger partial charge in [-0.25, -0.2) is 18.6 Å². The number of benzene rings is 1. The molecule has 0 fully saturated rings. The average molecular weight is 300 g/mol. The topological polar surface area (TPSA) is 84.5 Å². The van der Waals surface area contributed by atoms with Crippen LogP contribution in [0.2, 0.25) is 0 Å². The smallest absolute Gasteiger partial charge is 0.261 e. The van der Waals surface area contributed by atoms with E-state index in [2.05, 4.69) is 10.2 Å². The Hall–Kier alpha value is -1.44. The van der Waals surface area contributed by atoms with Gasteiger partial charge in [-0.2, -0.15) is 0 Å². The minimum Gasteiger partial charge on any atom is -0.271 e. The predicted octanol–water partition coefficient (Wildman–Crippen LogP) is 0.952. The summed E-state index contributed by atoms with van der Waals surface area (Å²) in [5.41, 5.74) is 3.14. The molecule has 6 nitrogen and oxygen atoms in total. The van der Waals surface area contributed by atoms with Crippen LogP contribution in [-0.4, -0.2) is 26.1 Å². The first-order chi connectivity index (χ1) is 9.44. The third-order valence-corrected chi connectivity index (χ3v) is 4.14. The summed E-state index contributed by atoms with van der Waals surface area (Å²) in [6, 6.07) is 8.46. The zero-order chi connectivity index (χ0) is 15.0. The molecule has 2 N–H and O–H groups in total. The Kier molecular flexibility index (Phi) is 6.63. The number of nitrogens with one attached hydrogen (secondary N) is 2. The van der Waals surface area contributed by atoms with Crippen molar-refractivity contribution in [1.29, 1.82) is 0 Å². The molecule has 0 saturated carbocycles. The zero-order valence-corrected chi connectivity index (χ0v) is 12.4. The first-order valence-electron chi connectivity index (χ1n) is 6.40. The molecule has 112 valence electrons. The molecule has 1 aromatic rings. The normalized spacial score (nSPS) is 12.9. The fourth-order valence-corrected chi connectivity index (χ4v) is 2.80. The van der Waals surface area contributed by atoms with Crippen LogP contribution in [0.3, 0.4) is 0 Å². The minimum absolute atomic E-state index is 0.00447. The molecule has 0 heterocycles. The summed E-state index contributed by atoms with van der Waals surface area (Å²) < 4.78 is 25.3. The van der Waals surface area contributed by atoms with Crippen molar-refractivity contribution < 1.29 is 18.0 Å². The van der Waals surface area contributed by atoms with Crippen LogP contribution >= 0.6 is 0 Å². The van der Waals surface area contributed by atoms with Crippen LogP contribution in [0.15, 0.2) is 30.3 Å². The second kappa shape index (κ2) is 7.98. The molecule has 1 amide bonds. The van der Waals surface area contributed by atoms with Crippen LogP contribution in [0.25, 0.3) is 0 Å². The van der Waals surface area contributed by atoms with E-state index in [0.717, 1.165) is 5.56 Å². The lowest BCUT2D eigenvalue weighted by Crippen LogP contribution is -2.45. The van der Waals surface area contributed by atoms with Crippen molar-refractivity contribution in [2.45, 2.75) is 32.9 Å². The largest absolute Gasteiger partial charge is 0.271 e. The van der Waals surface area contributed by atoms with Gasteiger partial charge in [0.2, 0.25) is 10.0 Å². The highest BCUT2D eigenvalue weighted by atomic mass is 32.2. The van der Waals surface area contributed by atoms with E-state index in [1.807, 2.05) is 30.3 Å². The van der Waals surface area contributed by atoms with E-state index in [1.165, 1.54) is 6.92 Å². The van der Waals surface area contributed by atoms with Gasteiger partial charge in [-0.15, -0.1) is 0 Å². The molecule has 0 spiro atoms. The maximum Gasteiger partial charge on any atom is 0.261 e. The van der Waals surface area contributed by atoms with E-state index >= 15 is 0 Å². The van der Waals surface area contributed by atoms with Gasteiger partial charge in [0.15, 0.2) is 0 Å². The lowest BCUT2D eigenvalue weighted by Gasteiger charge is -2.13. The first-order valence-corrected chi connectivity index (χ1v) is 8.05. The second-order valence-electron chi connectivity index (χ2n) is 4.40. The van der Waals surface area contributed by atoms with Gasteiger partial charge in [0.1, 0.15) is 0 Å². The molecule has 0 aliphatic heterocycles. The van der Waals surface area contributed by atoms with E-state index in [1.54, 1.807) is 6.92 Å². The van der Waals surface area contributed by atoms with Gasteiger partial charge in [-0.3, -0.25) is 9.63 Å². The number of hydrogen-bond donors (Lipinski definition) is 2. The van der Waals surface area contributed by atoms with Gasteiger partial charge in [-0.05, 0) is 18.9 Å². The van der Waals surface area contributed by atoms with Crippen molar-refractivity contribution in [3.63, 3.8) is 0 Å². The van der Waals surface area contributed by atoms with E-state index in [-0.39, 0.29) is 12.4 Å². The van der Waals surface area contributed by atoms with Crippen molar-refractivity contribution >= 4 is 15.9 Å². The summed E-state index contributed by atoms with van der Waals surface area (Å²) in [4.78, 5) is 16.7. The first kappa shape index (κ1) is 16.6. The number of carbonyl (C=O) groups is 1. The number of rotatable bonds is 8. The standard InChI is InChI=1S/C13H20N2O4S/c1-3-9-20(17,18)15-11(2)13(16)14-19-10-12-7-5-4-6-8-12/h4-8,11,15H,3,9-10H2,1-2H3,(H,14,16). The molecule has 1 rings (SSSR count). The molecule has 0 bridgehead atoms. The molecular weight excluding hydrogens is 280 g/mol. The summed E-state index contributed by atoms with van der Waals surface area (Å²) in [5.74, 6) is -0.532. The van der Waals surface area contributed by atoms with E-state index in [4.69, 9.17) is 4.84 Å². The van der Waals surface area contributed by atoms with Gasteiger partial charge in [0.05, 0.1) is 18.4 Å². The molecule has 0 aromatic heterocycles. The quantitative estimate of drug-likeness (QED) is 0.700. The van der Waals surface area contributed by atoms with Crippen LogP contribution in [0, 0.1) is 0 Å². The Labute approximate surface area is 119 Å². The van der Waals surface area contributed by atoms with Gasteiger partial charge >= 0.3 is 0 Å². The summed E-state index contributed by atoms with van der Waals surface area (Å²) in [6.07, 6.45) is 0.494. The van der Waals surface area contributed by atoms with Gasteiger partial charge in [-0.1, -0.05) is 37.3 Å². The minimum atomic E-state index is -3.42. The Bertz CT molecular complexity index is 516. The van der Waals surface area contributed by atoms with Crippen molar-refractivity contribution in [2.24, 2.45) is 0 Å². The average Bonchev–Trinajstić information content (AvgIpc) is 2.39. The molecule has 1 atom stereocenters. The molecule has 0 aliphatic rings. The van der Waals surface area contributed by atoms with Gasteiger partial charge < -0.3 is 0 Å². The molecule has 7 heteroatoms. The highest BCUT2D eigenvalue weighted by molar-refractivity contribution is 7.89. The van der Waals surface area contributed by atoms with Crippen LogP contribution in [0.1, 0.15) is 25.8 Å². The molecule has 1 aromatic carbocycles. The fourth-order valence-electron chi connectivity index (χ4n) is 1.50. The third kappa shape index (κ3) is 6.14. The Morgan fingerprint density at radius 1 is 1.30 bits per heavy atom. The zero-order valence-electron chi connectivity index (χ0n) is 11.6. The lowest BCUT2D eigenvalue weighted by atomic mass is 10.2. The van der Waals surface area contributed by atoms with Crippen LogP contribution < -0.4 is 10.2 Å². The van der Waals surface area contributed by atoms with E-state index in [0.29, 0.717) is 6.42 Å². The Morgan fingerprint density at radius 3 is 2.55 bits per heavy atom. The fraction of sp³-hybridized carbons (Fsp3) is 0.462. The maximum atomic E-state index is 11.7. The van der Waals surface area contributed by atoms with Gasteiger partial charge in [0, 0.05) is 0 Å². The highest BCUT2D eigenvalue weighted by Gasteiger charge is 2.19. The molecule has 1 unspecified atom stereocenters. The van der Waals surface area contributed by atoms with E-state index in [9.17, 15) is 13.2 Å². The molecule has 0 saturated heterocycles. The molecule has 0 radical (unpaired) electrons. The summed E-state index contributed by atoms with van der Waals surface area (Å²) in [6.45, 7) is 3.45. The Morgan fingerprint density at radius 2 is 1.95 bits per heavy atom. The molecular formula is C13H20N2O4S. The maximum absolute atomic E-state index is 11.7. The molecule has 0 aliphatic carbocycles. The van der Waals surface area contributed by atoms with Crippen molar-refractivity contribution in [1.82, 2.24) is 10.2 Å². The van der Waals surface area contributed by atoms with Gasteiger partial charge in [0.25, 0.3) is 5.91 Å². The summed E-state index contributed by atoms with van der Waals surface area (Å²) >= 11 is 0. The SMILES string of the molecule is CCCS(=O)(=O)NC(C)C(=O)NOCc1ccccc1. The van der Waals surface area contributed by atoms with Crippen LogP contribution in [0.5, 0.6) is 0 Å². The van der Waals surface area contributed by atoms with Crippen molar-refractivity contribution in [2.75, 3.05) is 5.75 Å². The summed E-state index contributed by atoms with van der Waals surface area (Å²) in [7, 11) is -3.42. The van der Waals surface area contributed by atoms with Crippen LogP contribution in [0.4, 0.5) is 0 Å². The number of hydroxylamine groups is 1. The number of hydrogen-bond acceptors (Lipinski definition) is 4. The predicted molar refractivity (Wildman–Crippen MR) is 76.0 cm³/mol. The summed E-state index contributed by atoms with van der Waals surface area (Å²) in [5, 5.41) is 0. The number of carbonyl (C=O) groups excluding carboxylic acids is 1.